The summed E-state index contributed by atoms with van der Waals surface area (Å²) in [7, 11) is 0. The van der Waals surface area contributed by atoms with Crippen LogP contribution in [0.2, 0.25) is 0 Å². The van der Waals surface area contributed by atoms with Crippen LogP contribution in [0.15, 0.2) is 23.7 Å². The SMILES string of the molecule is Cc1cnc(N2CCCNCC2)nc1-c1cccs1. The fourth-order valence-electron chi connectivity index (χ4n) is 2.29. The van der Waals surface area contributed by atoms with Crippen molar-refractivity contribution < 1.29 is 0 Å². The lowest BCUT2D eigenvalue weighted by Gasteiger charge is -2.20. The van der Waals surface area contributed by atoms with Crippen molar-refractivity contribution in [3.63, 3.8) is 0 Å². The number of hydrogen-bond donors (Lipinski definition) is 1. The molecule has 1 N–H and O–H groups in total. The van der Waals surface area contributed by atoms with Crippen LogP contribution in [0.1, 0.15) is 12.0 Å². The lowest BCUT2D eigenvalue weighted by molar-refractivity contribution is 0.724. The van der Waals surface area contributed by atoms with E-state index in [1.54, 1.807) is 11.3 Å². The van der Waals surface area contributed by atoms with E-state index in [0.29, 0.717) is 0 Å². The van der Waals surface area contributed by atoms with E-state index in [4.69, 9.17) is 4.98 Å². The van der Waals surface area contributed by atoms with Crippen LogP contribution in [0.25, 0.3) is 10.6 Å². The second-order valence-corrected chi connectivity index (χ2v) is 5.72. The second-order valence-electron chi connectivity index (χ2n) is 4.77. The molecule has 19 heavy (non-hydrogen) atoms. The fourth-order valence-corrected chi connectivity index (χ4v) is 3.07. The molecule has 0 atom stereocenters. The summed E-state index contributed by atoms with van der Waals surface area (Å²) in [6, 6.07) is 4.19. The number of aryl methyl sites for hydroxylation is 1. The molecule has 0 spiro atoms. The Balaban J connectivity index is 1.92. The summed E-state index contributed by atoms with van der Waals surface area (Å²) in [6.07, 6.45) is 3.08. The molecule has 0 aromatic carbocycles. The van der Waals surface area contributed by atoms with E-state index in [-0.39, 0.29) is 0 Å². The summed E-state index contributed by atoms with van der Waals surface area (Å²) in [4.78, 5) is 12.8. The molecule has 2 aromatic heterocycles. The molecule has 0 bridgehead atoms. The highest BCUT2D eigenvalue weighted by Crippen LogP contribution is 2.27. The Morgan fingerprint density at radius 3 is 3.11 bits per heavy atom. The Kier molecular flexibility index (Phi) is 3.75. The smallest absolute Gasteiger partial charge is 0.225 e. The van der Waals surface area contributed by atoms with Gasteiger partial charge >= 0.3 is 0 Å². The normalized spacial score (nSPS) is 16.4. The van der Waals surface area contributed by atoms with Gasteiger partial charge in [0.2, 0.25) is 5.95 Å². The van der Waals surface area contributed by atoms with E-state index in [1.807, 2.05) is 6.20 Å². The third kappa shape index (κ3) is 2.77. The number of thiophene rings is 1. The number of rotatable bonds is 2. The van der Waals surface area contributed by atoms with E-state index >= 15 is 0 Å². The van der Waals surface area contributed by atoms with E-state index < -0.39 is 0 Å². The molecule has 1 fully saturated rings. The van der Waals surface area contributed by atoms with Crippen molar-refractivity contribution in [2.45, 2.75) is 13.3 Å². The zero-order valence-electron chi connectivity index (χ0n) is 11.1. The van der Waals surface area contributed by atoms with Gasteiger partial charge in [-0.2, -0.15) is 0 Å². The first-order chi connectivity index (χ1) is 9.34. The van der Waals surface area contributed by atoms with Crippen LogP contribution in [-0.4, -0.2) is 36.1 Å². The molecule has 3 heterocycles. The molecule has 1 aliphatic heterocycles. The Morgan fingerprint density at radius 2 is 2.26 bits per heavy atom. The first kappa shape index (κ1) is 12.6. The second kappa shape index (κ2) is 5.67. The largest absolute Gasteiger partial charge is 0.339 e. The maximum Gasteiger partial charge on any atom is 0.225 e. The molecule has 3 rings (SSSR count). The summed E-state index contributed by atoms with van der Waals surface area (Å²) >= 11 is 1.73. The lowest BCUT2D eigenvalue weighted by Crippen LogP contribution is -2.29. The summed E-state index contributed by atoms with van der Waals surface area (Å²) in [6.45, 7) is 6.17. The standard InChI is InChI=1S/C14H18N4S/c1-11-10-16-14(18-7-3-5-15-6-8-18)17-13(11)12-4-2-9-19-12/h2,4,9-10,15H,3,5-8H2,1H3. The van der Waals surface area contributed by atoms with Crippen molar-refractivity contribution in [3.05, 3.63) is 29.3 Å². The first-order valence-electron chi connectivity index (χ1n) is 6.68. The molecule has 0 saturated carbocycles. The van der Waals surface area contributed by atoms with Crippen LogP contribution >= 0.6 is 11.3 Å². The van der Waals surface area contributed by atoms with Crippen LogP contribution in [0.4, 0.5) is 5.95 Å². The summed E-state index contributed by atoms with van der Waals surface area (Å²) in [5.74, 6) is 0.859. The van der Waals surface area contributed by atoms with Crippen molar-refractivity contribution in [3.8, 4) is 10.6 Å². The average molecular weight is 274 g/mol. The predicted octanol–water partition coefficient (Wildman–Crippen LogP) is 2.31. The minimum atomic E-state index is 0.859. The number of anilines is 1. The molecule has 0 unspecified atom stereocenters. The van der Waals surface area contributed by atoms with Gasteiger partial charge in [0.1, 0.15) is 0 Å². The first-order valence-corrected chi connectivity index (χ1v) is 7.56. The highest BCUT2D eigenvalue weighted by Gasteiger charge is 2.14. The van der Waals surface area contributed by atoms with E-state index in [1.165, 1.54) is 4.88 Å². The van der Waals surface area contributed by atoms with Crippen molar-refractivity contribution >= 4 is 17.3 Å². The van der Waals surface area contributed by atoms with E-state index in [0.717, 1.165) is 49.8 Å². The molecule has 1 aliphatic rings. The van der Waals surface area contributed by atoms with Crippen LogP contribution in [0, 0.1) is 6.92 Å². The van der Waals surface area contributed by atoms with E-state index in [2.05, 4.69) is 39.6 Å². The van der Waals surface area contributed by atoms with Gasteiger partial charge in [0.05, 0.1) is 10.6 Å². The minimum absolute atomic E-state index is 0.859. The van der Waals surface area contributed by atoms with Crippen LogP contribution in [0.5, 0.6) is 0 Å². The van der Waals surface area contributed by atoms with Crippen molar-refractivity contribution in [2.75, 3.05) is 31.1 Å². The van der Waals surface area contributed by atoms with Crippen LogP contribution < -0.4 is 10.2 Å². The lowest BCUT2D eigenvalue weighted by atomic mass is 10.2. The Bertz CT molecular complexity index is 530. The van der Waals surface area contributed by atoms with Crippen LogP contribution in [-0.2, 0) is 0 Å². The van der Waals surface area contributed by atoms with Gasteiger partial charge in [-0.15, -0.1) is 11.3 Å². The number of nitrogens with one attached hydrogen (secondary N) is 1. The quantitative estimate of drug-likeness (QED) is 0.912. The maximum absolute atomic E-state index is 4.78. The van der Waals surface area contributed by atoms with Gasteiger partial charge in [-0.05, 0) is 36.9 Å². The molecule has 5 heteroatoms. The molecular formula is C14H18N4S. The molecule has 0 aliphatic carbocycles. The Morgan fingerprint density at radius 1 is 1.32 bits per heavy atom. The van der Waals surface area contributed by atoms with Gasteiger partial charge in [0.15, 0.2) is 0 Å². The Labute approximate surface area is 117 Å². The van der Waals surface area contributed by atoms with Crippen molar-refractivity contribution in [1.82, 2.24) is 15.3 Å². The average Bonchev–Trinajstić information content (AvgIpc) is 2.82. The zero-order chi connectivity index (χ0) is 13.1. The van der Waals surface area contributed by atoms with Gasteiger partial charge < -0.3 is 10.2 Å². The summed E-state index contributed by atoms with van der Waals surface area (Å²) < 4.78 is 0. The third-order valence-corrected chi connectivity index (χ3v) is 4.21. The van der Waals surface area contributed by atoms with Crippen molar-refractivity contribution in [1.29, 1.82) is 0 Å². The Hall–Kier alpha value is -1.46. The summed E-state index contributed by atoms with van der Waals surface area (Å²) in [5, 5.41) is 5.50. The van der Waals surface area contributed by atoms with E-state index in [9.17, 15) is 0 Å². The molecule has 1 saturated heterocycles. The number of nitrogens with zero attached hydrogens (tertiary/aromatic N) is 3. The zero-order valence-corrected chi connectivity index (χ0v) is 11.9. The molecular weight excluding hydrogens is 256 g/mol. The molecule has 4 nitrogen and oxygen atoms in total. The molecule has 2 aromatic rings. The highest BCUT2D eigenvalue weighted by atomic mass is 32.1. The predicted molar refractivity (Wildman–Crippen MR) is 79.8 cm³/mol. The number of aromatic nitrogens is 2. The maximum atomic E-state index is 4.78. The fraction of sp³-hybridized carbons (Fsp3) is 0.429. The van der Waals surface area contributed by atoms with Gasteiger partial charge in [-0.1, -0.05) is 6.07 Å². The van der Waals surface area contributed by atoms with Gasteiger partial charge in [-0.25, -0.2) is 9.97 Å². The van der Waals surface area contributed by atoms with Gasteiger partial charge in [0, 0.05) is 25.8 Å². The highest BCUT2D eigenvalue weighted by molar-refractivity contribution is 7.13. The molecule has 0 amide bonds. The van der Waals surface area contributed by atoms with Gasteiger partial charge in [-0.3, -0.25) is 0 Å². The van der Waals surface area contributed by atoms with Gasteiger partial charge in [0.25, 0.3) is 0 Å². The summed E-state index contributed by atoms with van der Waals surface area (Å²) in [5.41, 5.74) is 2.20. The topological polar surface area (TPSA) is 41.1 Å². The number of hydrogen-bond acceptors (Lipinski definition) is 5. The van der Waals surface area contributed by atoms with Crippen molar-refractivity contribution in [2.24, 2.45) is 0 Å². The minimum Gasteiger partial charge on any atom is -0.339 e. The monoisotopic (exact) mass is 274 g/mol. The van der Waals surface area contributed by atoms with Crippen LogP contribution in [0.3, 0.4) is 0 Å². The molecule has 100 valence electrons. The third-order valence-electron chi connectivity index (χ3n) is 3.34. The molecule has 0 radical (unpaired) electrons.